The molecule has 0 aliphatic heterocycles. The van der Waals surface area contributed by atoms with Crippen molar-refractivity contribution in [2.24, 2.45) is 7.05 Å². The van der Waals surface area contributed by atoms with E-state index in [2.05, 4.69) is 36.6 Å². The monoisotopic (exact) mass is 201 g/mol. The maximum Gasteiger partial charge on any atom is 0.125 e. The molecule has 0 fully saturated rings. The Balaban J connectivity index is 2.75. The van der Waals surface area contributed by atoms with E-state index in [1.807, 2.05) is 7.05 Å². The first kappa shape index (κ1) is 9.97. The van der Waals surface area contributed by atoms with Gasteiger partial charge in [0.2, 0.25) is 0 Å². The molecule has 0 radical (unpaired) electrons. The van der Waals surface area contributed by atoms with E-state index in [-0.39, 0.29) is 0 Å². The number of nitrogens with zero attached hydrogens (tertiary/aromatic N) is 1. The molecule has 1 aromatic heterocycles. The van der Waals surface area contributed by atoms with E-state index < -0.39 is 0 Å². The van der Waals surface area contributed by atoms with Crippen molar-refractivity contribution >= 4 is 17.2 Å². The molecule has 0 bridgehead atoms. The maximum absolute atomic E-state index is 10.5. The zero-order chi connectivity index (χ0) is 11.0. The van der Waals surface area contributed by atoms with Gasteiger partial charge in [0.15, 0.2) is 0 Å². The van der Waals surface area contributed by atoms with Crippen molar-refractivity contribution in [2.75, 3.05) is 0 Å². The molecule has 0 saturated heterocycles. The Hall–Kier alpha value is -1.57. The number of carbonyl (C=O) groups excluding carboxylic acids is 1. The van der Waals surface area contributed by atoms with E-state index in [0.29, 0.717) is 6.42 Å². The molecule has 0 aliphatic rings. The van der Waals surface area contributed by atoms with Gasteiger partial charge in [-0.25, -0.2) is 0 Å². The van der Waals surface area contributed by atoms with Gasteiger partial charge in [-0.3, -0.25) is 0 Å². The smallest absolute Gasteiger partial charge is 0.125 e. The molecule has 2 rings (SSSR count). The molecule has 0 N–H and O–H groups in total. The number of fused-ring (bicyclic) bond motifs is 1. The highest BCUT2D eigenvalue weighted by molar-refractivity contribution is 5.86. The van der Waals surface area contributed by atoms with Gasteiger partial charge in [0.05, 0.1) is 0 Å². The topological polar surface area (TPSA) is 22.0 Å². The summed E-state index contributed by atoms with van der Waals surface area (Å²) >= 11 is 0. The summed E-state index contributed by atoms with van der Waals surface area (Å²) in [5.41, 5.74) is 4.83. The molecule has 0 aliphatic carbocycles. The number of benzene rings is 1. The van der Waals surface area contributed by atoms with Gasteiger partial charge in [-0.15, -0.1) is 0 Å². The van der Waals surface area contributed by atoms with Crippen LogP contribution in [0.2, 0.25) is 0 Å². The summed E-state index contributed by atoms with van der Waals surface area (Å²) in [7, 11) is 2.01. The second-order valence-corrected chi connectivity index (χ2v) is 4.08. The number of aryl methyl sites for hydroxylation is 3. The van der Waals surface area contributed by atoms with Crippen LogP contribution in [0.15, 0.2) is 18.2 Å². The molecular weight excluding hydrogens is 186 g/mol. The number of carbonyl (C=O) groups is 1. The van der Waals surface area contributed by atoms with Gasteiger partial charge in [0.1, 0.15) is 6.29 Å². The fraction of sp³-hybridized carbons (Fsp3) is 0.308. The number of aldehydes is 1. The lowest BCUT2D eigenvalue weighted by Gasteiger charge is -2.02. The van der Waals surface area contributed by atoms with Gasteiger partial charge < -0.3 is 9.36 Å². The van der Waals surface area contributed by atoms with Crippen molar-refractivity contribution in [3.05, 3.63) is 35.0 Å². The van der Waals surface area contributed by atoms with Gasteiger partial charge in [-0.05, 0) is 37.1 Å². The molecule has 1 aromatic carbocycles. The molecule has 0 atom stereocenters. The van der Waals surface area contributed by atoms with Crippen LogP contribution >= 0.6 is 0 Å². The number of hydrogen-bond donors (Lipinski definition) is 0. The van der Waals surface area contributed by atoms with E-state index in [1.165, 1.54) is 22.0 Å². The predicted octanol–water partition coefficient (Wildman–Crippen LogP) is 2.54. The number of rotatable bonds is 2. The second kappa shape index (κ2) is 3.54. The third kappa shape index (κ3) is 1.56. The van der Waals surface area contributed by atoms with Crippen LogP contribution in [0, 0.1) is 13.8 Å². The Morgan fingerprint density at radius 2 is 2.00 bits per heavy atom. The first-order valence-corrected chi connectivity index (χ1v) is 5.12. The lowest BCUT2D eigenvalue weighted by molar-refractivity contribution is -0.107. The first-order chi connectivity index (χ1) is 7.13. The summed E-state index contributed by atoms with van der Waals surface area (Å²) in [6.45, 7) is 4.21. The van der Waals surface area contributed by atoms with Crippen molar-refractivity contribution in [3.8, 4) is 0 Å². The molecule has 0 unspecified atom stereocenters. The Kier molecular flexibility index (Phi) is 2.35. The summed E-state index contributed by atoms with van der Waals surface area (Å²) in [6.07, 6.45) is 1.44. The minimum Gasteiger partial charge on any atom is -0.347 e. The third-order valence-corrected chi connectivity index (χ3v) is 2.90. The zero-order valence-corrected chi connectivity index (χ0v) is 9.37. The van der Waals surface area contributed by atoms with Gasteiger partial charge in [0, 0.05) is 30.1 Å². The van der Waals surface area contributed by atoms with E-state index in [4.69, 9.17) is 0 Å². The largest absolute Gasteiger partial charge is 0.347 e. The molecular formula is C13H15NO. The van der Waals surface area contributed by atoms with Crippen molar-refractivity contribution < 1.29 is 4.79 Å². The van der Waals surface area contributed by atoms with Crippen molar-refractivity contribution in [1.82, 2.24) is 4.57 Å². The molecule has 0 saturated carbocycles. The fourth-order valence-electron chi connectivity index (χ4n) is 2.12. The summed E-state index contributed by atoms with van der Waals surface area (Å²) in [6, 6.07) is 6.45. The van der Waals surface area contributed by atoms with Gasteiger partial charge in [-0.2, -0.15) is 0 Å². The summed E-state index contributed by atoms with van der Waals surface area (Å²) in [4.78, 5) is 10.5. The van der Waals surface area contributed by atoms with Crippen LogP contribution in [0.4, 0.5) is 0 Å². The van der Waals surface area contributed by atoms with Gasteiger partial charge >= 0.3 is 0 Å². The van der Waals surface area contributed by atoms with Crippen LogP contribution in [0.1, 0.15) is 16.8 Å². The van der Waals surface area contributed by atoms with Crippen LogP contribution < -0.4 is 0 Å². The molecule has 2 heteroatoms. The Morgan fingerprint density at radius 3 is 2.67 bits per heavy atom. The van der Waals surface area contributed by atoms with E-state index in [0.717, 1.165) is 12.0 Å². The maximum atomic E-state index is 10.5. The summed E-state index contributed by atoms with van der Waals surface area (Å²) in [5, 5.41) is 1.25. The lowest BCUT2D eigenvalue weighted by Crippen LogP contribution is -1.96. The first-order valence-electron chi connectivity index (χ1n) is 5.12. The van der Waals surface area contributed by atoms with Crippen LogP contribution in [0.3, 0.4) is 0 Å². The van der Waals surface area contributed by atoms with Crippen molar-refractivity contribution in [2.45, 2.75) is 20.3 Å². The minimum atomic E-state index is 0.490. The number of aromatic nitrogens is 1. The number of hydrogen-bond acceptors (Lipinski definition) is 1. The highest BCUT2D eigenvalue weighted by atomic mass is 16.1. The molecule has 1 heterocycles. The van der Waals surface area contributed by atoms with Crippen LogP contribution in [0.25, 0.3) is 10.9 Å². The molecule has 2 nitrogen and oxygen atoms in total. The van der Waals surface area contributed by atoms with Crippen molar-refractivity contribution in [3.63, 3.8) is 0 Å². The van der Waals surface area contributed by atoms with E-state index >= 15 is 0 Å². The Bertz CT molecular complexity index is 523. The van der Waals surface area contributed by atoms with E-state index in [1.54, 1.807) is 0 Å². The molecule has 0 amide bonds. The molecule has 0 spiro atoms. The van der Waals surface area contributed by atoms with Gasteiger partial charge in [-0.1, -0.05) is 6.07 Å². The fourth-order valence-corrected chi connectivity index (χ4v) is 2.12. The Labute approximate surface area is 89.5 Å². The molecule has 78 valence electrons. The zero-order valence-electron chi connectivity index (χ0n) is 9.37. The Morgan fingerprint density at radius 1 is 1.27 bits per heavy atom. The van der Waals surface area contributed by atoms with Crippen LogP contribution in [-0.4, -0.2) is 10.9 Å². The molecule has 2 aromatic rings. The molecule has 15 heavy (non-hydrogen) atoms. The summed E-state index contributed by atoms with van der Waals surface area (Å²) in [5.74, 6) is 0. The van der Waals surface area contributed by atoms with Gasteiger partial charge in [0.25, 0.3) is 0 Å². The SMILES string of the molecule is Cc1cc(C)c2cc(CC=O)n(C)c2c1. The minimum absolute atomic E-state index is 0.490. The highest BCUT2D eigenvalue weighted by Gasteiger charge is 2.07. The average Bonchev–Trinajstić information content (AvgIpc) is 2.47. The van der Waals surface area contributed by atoms with Crippen LogP contribution in [-0.2, 0) is 18.3 Å². The quantitative estimate of drug-likeness (QED) is 0.684. The third-order valence-electron chi connectivity index (χ3n) is 2.90. The van der Waals surface area contributed by atoms with E-state index in [9.17, 15) is 4.79 Å². The summed E-state index contributed by atoms with van der Waals surface area (Å²) < 4.78 is 2.10. The normalized spacial score (nSPS) is 10.9. The van der Waals surface area contributed by atoms with Crippen molar-refractivity contribution in [1.29, 1.82) is 0 Å². The predicted molar refractivity (Wildman–Crippen MR) is 62.2 cm³/mol. The lowest BCUT2D eigenvalue weighted by atomic mass is 10.1. The highest BCUT2D eigenvalue weighted by Crippen LogP contribution is 2.23. The standard InChI is InChI=1S/C13H15NO/c1-9-6-10(2)12-8-11(4-5-15)14(3)13(12)7-9/h5-8H,4H2,1-3H3. The van der Waals surface area contributed by atoms with Crippen LogP contribution in [0.5, 0.6) is 0 Å². The average molecular weight is 201 g/mol. The second-order valence-electron chi connectivity index (χ2n) is 4.08.